The Bertz CT molecular complexity index is 739. The molecule has 5 atom stereocenters. The maximum Gasteiger partial charge on any atom is 0.302 e. The minimum absolute atomic E-state index is 0.00586. The van der Waals surface area contributed by atoms with Crippen molar-refractivity contribution in [2.45, 2.75) is 122 Å². The zero-order valence-electron chi connectivity index (χ0n) is 22.0. The van der Waals surface area contributed by atoms with Crippen molar-refractivity contribution in [2.24, 2.45) is 11.8 Å². The molecule has 0 radical (unpaired) electrons. The number of hydrogen-bond donors (Lipinski definition) is 2. The molecule has 36 heavy (non-hydrogen) atoms. The van der Waals surface area contributed by atoms with Crippen LogP contribution in [0.3, 0.4) is 0 Å². The first kappa shape index (κ1) is 28.7. The normalized spacial score (nSPS) is 26.6. The molecular weight excluding hydrogens is 460 g/mol. The van der Waals surface area contributed by atoms with E-state index < -0.39 is 0 Å². The van der Waals surface area contributed by atoms with Crippen LogP contribution in [0.1, 0.15) is 103 Å². The summed E-state index contributed by atoms with van der Waals surface area (Å²) in [5, 5.41) is 23.1. The summed E-state index contributed by atoms with van der Waals surface area (Å²) < 4.78 is 18.2. The summed E-state index contributed by atoms with van der Waals surface area (Å²) in [7, 11) is 0. The number of carbonyl (C=O) groups is 1. The third kappa shape index (κ3) is 10.3. The lowest BCUT2D eigenvalue weighted by molar-refractivity contribution is -0.193. The molecule has 0 bridgehead atoms. The van der Waals surface area contributed by atoms with Crippen LogP contribution in [-0.4, -0.2) is 63.4 Å². The molecule has 1 aromatic rings. The Balaban J connectivity index is 1.55. The van der Waals surface area contributed by atoms with E-state index in [-0.39, 0.29) is 42.9 Å². The van der Waals surface area contributed by atoms with E-state index in [4.69, 9.17) is 19.3 Å². The monoisotopic (exact) mass is 506 g/mol. The Labute approximate surface area is 215 Å². The molecule has 1 aliphatic carbocycles. The number of unbranched alkanes of at least 4 members (excludes halogenated alkanes) is 7. The minimum atomic E-state index is -0.216. The van der Waals surface area contributed by atoms with Gasteiger partial charge in [-0.1, -0.05) is 49.5 Å². The number of H-pyrrole nitrogens is 1. The minimum Gasteiger partial charge on any atom is -0.462 e. The van der Waals surface area contributed by atoms with Crippen molar-refractivity contribution < 1.29 is 24.1 Å². The summed E-state index contributed by atoms with van der Waals surface area (Å²) in [5.74, 6) is 1.03. The highest BCUT2D eigenvalue weighted by Gasteiger charge is 2.45. The Morgan fingerprint density at radius 2 is 1.94 bits per heavy atom. The van der Waals surface area contributed by atoms with Gasteiger partial charge in [0.1, 0.15) is 6.10 Å². The second-order valence-corrected chi connectivity index (χ2v) is 10.2. The van der Waals surface area contributed by atoms with Crippen LogP contribution in [0.5, 0.6) is 0 Å². The fraction of sp³-hybridized carbons (Fsp3) is 0.852. The lowest BCUT2D eigenvalue weighted by Crippen LogP contribution is -2.30. The highest BCUT2D eigenvalue weighted by atomic mass is 16.7. The standard InChI is InChI=1S/C27H46N4O5/c1-21(33)35-24-20-25(36-27-17-11-13-19-34-27)23(15-8-4-2-3-7-12-18-32)22(24)14-9-5-6-10-16-26-28-30-31-29-26/h8,15,22-25,27,32H,2-7,9-14,16-20H2,1H3,(H,28,29,30,31)/t22-,23-,24+,25-,27?/m1/s1. The number of tetrazole rings is 1. The maximum absolute atomic E-state index is 11.9. The average molecular weight is 507 g/mol. The van der Waals surface area contributed by atoms with Gasteiger partial charge in [0, 0.05) is 44.8 Å². The van der Waals surface area contributed by atoms with Crippen LogP contribution in [0.15, 0.2) is 12.2 Å². The lowest BCUT2D eigenvalue weighted by Gasteiger charge is -2.29. The van der Waals surface area contributed by atoms with Gasteiger partial charge in [-0.2, -0.15) is 5.21 Å². The smallest absolute Gasteiger partial charge is 0.302 e. The molecule has 9 heteroatoms. The van der Waals surface area contributed by atoms with Crippen LogP contribution in [-0.2, 0) is 25.4 Å². The Morgan fingerprint density at radius 3 is 2.69 bits per heavy atom. The van der Waals surface area contributed by atoms with Crippen molar-refractivity contribution in [3.05, 3.63) is 18.0 Å². The zero-order valence-corrected chi connectivity index (χ0v) is 22.0. The first-order valence-corrected chi connectivity index (χ1v) is 14.1. The Kier molecular flexibility index (Phi) is 13.4. The molecule has 2 N–H and O–H groups in total. The van der Waals surface area contributed by atoms with Crippen LogP contribution >= 0.6 is 0 Å². The fourth-order valence-corrected chi connectivity index (χ4v) is 5.52. The summed E-state index contributed by atoms with van der Waals surface area (Å²) in [6.45, 7) is 2.54. The van der Waals surface area contributed by atoms with Crippen LogP contribution in [0.25, 0.3) is 0 Å². The summed E-state index contributed by atoms with van der Waals surface area (Å²) in [4.78, 5) is 11.9. The van der Waals surface area contributed by atoms with E-state index in [1.807, 2.05) is 0 Å². The second kappa shape index (κ2) is 16.8. The van der Waals surface area contributed by atoms with Gasteiger partial charge < -0.3 is 19.3 Å². The average Bonchev–Trinajstić information content (AvgIpc) is 3.49. The van der Waals surface area contributed by atoms with Gasteiger partial charge in [-0.25, -0.2) is 0 Å². The summed E-state index contributed by atoms with van der Waals surface area (Å²) in [5.41, 5.74) is 0. The second-order valence-electron chi connectivity index (χ2n) is 10.2. The van der Waals surface area contributed by atoms with Gasteiger partial charge in [0.25, 0.3) is 0 Å². The van der Waals surface area contributed by atoms with Gasteiger partial charge in [0.05, 0.1) is 6.10 Å². The Hall–Kier alpha value is -1.84. The van der Waals surface area contributed by atoms with E-state index in [1.54, 1.807) is 0 Å². The van der Waals surface area contributed by atoms with E-state index in [9.17, 15) is 4.79 Å². The summed E-state index contributed by atoms with van der Waals surface area (Å²) in [6.07, 6.45) is 19.7. The quantitative estimate of drug-likeness (QED) is 0.178. The van der Waals surface area contributed by atoms with E-state index >= 15 is 0 Å². The summed E-state index contributed by atoms with van der Waals surface area (Å²) >= 11 is 0. The third-order valence-electron chi connectivity index (χ3n) is 7.36. The third-order valence-corrected chi connectivity index (χ3v) is 7.36. The molecule has 1 saturated heterocycles. The van der Waals surface area contributed by atoms with Crippen molar-refractivity contribution >= 4 is 5.97 Å². The Morgan fingerprint density at radius 1 is 1.11 bits per heavy atom. The number of aromatic nitrogens is 4. The molecule has 2 fully saturated rings. The number of nitrogens with one attached hydrogen (secondary N) is 1. The number of aryl methyl sites for hydroxylation is 1. The molecule has 1 unspecified atom stereocenters. The van der Waals surface area contributed by atoms with Crippen LogP contribution < -0.4 is 0 Å². The number of esters is 1. The number of ether oxygens (including phenoxy) is 3. The molecule has 2 aliphatic rings. The zero-order chi connectivity index (χ0) is 25.4. The van der Waals surface area contributed by atoms with E-state index in [0.29, 0.717) is 0 Å². The van der Waals surface area contributed by atoms with Gasteiger partial charge in [-0.3, -0.25) is 4.79 Å². The molecule has 0 spiro atoms. The predicted octanol–water partition coefficient (Wildman–Crippen LogP) is 4.67. The fourth-order valence-electron chi connectivity index (χ4n) is 5.52. The van der Waals surface area contributed by atoms with Crippen molar-refractivity contribution in [1.29, 1.82) is 0 Å². The van der Waals surface area contributed by atoms with E-state index in [1.165, 1.54) is 6.92 Å². The highest BCUT2D eigenvalue weighted by molar-refractivity contribution is 5.66. The lowest BCUT2D eigenvalue weighted by atomic mass is 9.87. The first-order valence-electron chi connectivity index (χ1n) is 14.1. The van der Waals surface area contributed by atoms with Crippen molar-refractivity contribution in [1.82, 2.24) is 20.6 Å². The number of allylic oxidation sites excluding steroid dienone is 1. The molecular formula is C27H46N4O5. The number of aliphatic hydroxyl groups is 1. The van der Waals surface area contributed by atoms with Gasteiger partial charge in [0.2, 0.25) is 0 Å². The SMILES string of the molecule is CC(=O)O[C@H]1C[C@@H](OC2CCCCO2)[C@H](C=CCCCCCCO)[C@H]1CCCCCCc1nn[nH]n1. The van der Waals surface area contributed by atoms with Crippen LogP contribution in [0.2, 0.25) is 0 Å². The largest absolute Gasteiger partial charge is 0.462 e. The number of carbonyl (C=O) groups excluding carboxylic acids is 1. The molecule has 0 amide bonds. The number of nitrogens with zero attached hydrogens (tertiary/aromatic N) is 3. The summed E-state index contributed by atoms with van der Waals surface area (Å²) in [6, 6.07) is 0. The molecule has 2 heterocycles. The van der Waals surface area contributed by atoms with E-state index in [2.05, 4.69) is 32.8 Å². The molecule has 204 valence electrons. The number of aromatic amines is 1. The van der Waals surface area contributed by atoms with Gasteiger partial charge in [-0.05, 0) is 51.4 Å². The first-order chi connectivity index (χ1) is 17.7. The topological polar surface area (TPSA) is 119 Å². The van der Waals surface area contributed by atoms with Gasteiger partial charge >= 0.3 is 5.97 Å². The molecule has 3 rings (SSSR count). The van der Waals surface area contributed by atoms with Gasteiger partial charge in [0.15, 0.2) is 12.1 Å². The molecule has 1 aromatic heterocycles. The van der Waals surface area contributed by atoms with Crippen LogP contribution in [0, 0.1) is 11.8 Å². The number of rotatable bonds is 17. The van der Waals surface area contributed by atoms with Gasteiger partial charge in [-0.15, -0.1) is 10.2 Å². The van der Waals surface area contributed by atoms with Crippen LogP contribution in [0.4, 0.5) is 0 Å². The molecule has 0 aromatic carbocycles. The predicted molar refractivity (Wildman–Crippen MR) is 136 cm³/mol. The van der Waals surface area contributed by atoms with E-state index in [0.717, 1.165) is 109 Å². The van der Waals surface area contributed by atoms with Crippen molar-refractivity contribution in [2.75, 3.05) is 13.2 Å². The van der Waals surface area contributed by atoms with Crippen molar-refractivity contribution in [3.63, 3.8) is 0 Å². The maximum atomic E-state index is 11.9. The molecule has 1 aliphatic heterocycles. The van der Waals surface area contributed by atoms with Crippen molar-refractivity contribution in [3.8, 4) is 0 Å². The molecule has 1 saturated carbocycles. The number of aliphatic hydroxyl groups excluding tert-OH is 1. The number of hydrogen-bond acceptors (Lipinski definition) is 8. The highest BCUT2D eigenvalue weighted by Crippen LogP contribution is 2.42. The molecule has 9 nitrogen and oxygen atoms in total.